The van der Waals surface area contributed by atoms with Crippen LogP contribution in [0.25, 0.3) is 0 Å². The van der Waals surface area contributed by atoms with Crippen molar-refractivity contribution in [1.82, 2.24) is 14.8 Å². The Balaban J connectivity index is 1.76. The molecule has 2 heterocycles. The van der Waals surface area contributed by atoms with Crippen LogP contribution in [0.3, 0.4) is 0 Å². The summed E-state index contributed by atoms with van der Waals surface area (Å²) < 4.78 is 32.9. The number of aromatic nitrogens is 1. The van der Waals surface area contributed by atoms with Crippen LogP contribution in [0.5, 0.6) is 5.75 Å². The van der Waals surface area contributed by atoms with Crippen LogP contribution >= 0.6 is 0 Å². The number of carbonyl (C=O) groups is 2. The summed E-state index contributed by atoms with van der Waals surface area (Å²) in [6.45, 7) is 2.68. The molecule has 0 unspecified atom stereocenters. The van der Waals surface area contributed by atoms with Crippen molar-refractivity contribution < 1.29 is 23.1 Å². The number of anilines is 1. The maximum absolute atomic E-state index is 14.1. The van der Waals surface area contributed by atoms with Crippen LogP contribution < -0.4 is 10.1 Å². The molecule has 1 aromatic heterocycles. The smallest absolute Gasteiger partial charge is 0.272 e. The van der Waals surface area contributed by atoms with Gasteiger partial charge in [0, 0.05) is 38.3 Å². The fourth-order valence-electron chi connectivity index (χ4n) is 2.86. The highest BCUT2D eigenvalue weighted by Crippen LogP contribution is 2.21. The van der Waals surface area contributed by atoms with Gasteiger partial charge in [-0.05, 0) is 19.2 Å². The number of carbonyl (C=O) groups excluding carboxylic acids is 2. The molecule has 9 heteroatoms. The van der Waals surface area contributed by atoms with Gasteiger partial charge < -0.3 is 19.9 Å². The minimum Gasteiger partial charge on any atom is -0.497 e. The van der Waals surface area contributed by atoms with E-state index in [4.69, 9.17) is 4.74 Å². The molecule has 0 spiro atoms. The van der Waals surface area contributed by atoms with E-state index in [-0.39, 0.29) is 23.2 Å². The summed E-state index contributed by atoms with van der Waals surface area (Å²) in [6, 6.07) is 6.35. The number of likely N-dealkylation sites (N-methyl/N-ethyl adjacent to an activating group) is 1. The number of amides is 2. The number of methoxy groups -OCH3 is 1. The molecule has 1 aromatic carbocycles. The van der Waals surface area contributed by atoms with Crippen molar-refractivity contribution in [2.45, 2.75) is 0 Å². The predicted octanol–water partition coefficient (Wildman–Crippen LogP) is 2.01. The third-order valence-electron chi connectivity index (χ3n) is 4.48. The molecule has 148 valence electrons. The van der Waals surface area contributed by atoms with Crippen molar-refractivity contribution in [2.24, 2.45) is 0 Å². The molecule has 1 N–H and O–H groups in total. The van der Waals surface area contributed by atoms with E-state index in [1.54, 1.807) is 11.0 Å². The summed E-state index contributed by atoms with van der Waals surface area (Å²) in [5, 5.41) is 2.33. The molecule has 0 radical (unpaired) electrons. The van der Waals surface area contributed by atoms with E-state index in [2.05, 4.69) is 15.2 Å². The molecular formula is C19H20F2N4O3. The zero-order chi connectivity index (χ0) is 20.3. The number of benzene rings is 1. The van der Waals surface area contributed by atoms with E-state index in [1.165, 1.54) is 19.2 Å². The first kappa shape index (κ1) is 19.7. The lowest BCUT2D eigenvalue weighted by atomic mass is 10.1. The highest BCUT2D eigenvalue weighted by molar-refractivity contribution is 6.04. The fourth-order valence-corrected chi connectivity index (χ4v) is 2.86. The first-order valence-corrected chi connectivity index (χ1v) is 8.68. The Kier molecular flexibility index (Phi) is 5.84. The molecule has 28 heavy (non-hydrogen) atoms. The van der Waals surface area contributed by atoms with Gasteiger partial charge in [0.1, 0.15) is 34.5 Å². The Bertz CT molecular complexity index is 875. The van der Waals surface area contributed by atoms with Crippen molar-refractivity contribution in [1.29, 1.82) is 0 Å². The molecule has 1 saturated heterocycles. The summed E-state index contributed by atoms with van der Waals surface area (Å²) in [4.78, 5) is 32.8. The van der Waals surface area contributed by atoms with Gasteiger partial charge >= 0.3 is 0 Å². The van der Waals surface area contributed by atoms with E-state index >= 15 is 0 Å². The molecule has 0 saturated carbocycles. The lowest BCUT2D eigenvalue weighted by Crippen LogP contribution is -2.47. The van der Waals surface area contributed by atoms with Gasteiger partial charge in [0.2, 0.25) is 0 Å². The average Bonchev–Trinajstić information content (AvgIpc) is 2.67. The molecule has 0 aliphatic carbocycles. The van der Waals surface area contributed by atoms with Crippen LogP contribution in [-0.2, 0) is 0 Å². The van der Waals surface area contributed by atoms with E-state index in [9.17, 15) is 18.4 Å². The van der Waals surface area contributed by atoms with Crippen LogP contribution in [0.2, 0.25) is 0 Å². The highest BCUT2D eigenvalue weighted by Gasteiger charge is 2.23. The zero-order valence-electron chi connectivity index (χ0n) is 15.5. The lowest BCUT2D eigenvalue weighted by molar-refractivity contribution is 0.0658. The third-order valence-corrected chi connectivity index (χ3v) is 4.48. The minimum atomic E-state index is -1.06. The molecule has 7 nitrogen and oxygen atoms in total. The van der Waals surface area contributed by atoms with Crippen molar-refractivity contribution in [3.63, 3.8) is 0 Å². The number of piperazine rings is 1. The average molecular weight is 390 g/mol. The number of nitrogens with one attached hydrogen (secondary N) is 1. The number of ether oxygens (including phenoxy) is 1. The molecule has 2 amide bonds. The Morgan fingerprint density at radius 3 is 2.36 bits per heavy atom. The summed E-state index contributed by atoms with van der Waals surface area (Å²) >= 11 is 0. The molecule has 0 bridgehead atoms. The third kappa shape index (κ3) is 4.25. The van der Waals surface area contributed by atoms with Crippen LogP contribution in [0.1, 0.15) is 20.8 Å². The second-order valence-electron chi connectivity index (χ2n) is 6.42. The Labute approximate surface area is 160 Å². The molecule has 1 fully saturated rings. The highest BCUT2D eigenvalue weighted by atomic mass is 19.1. The summed E-state index contributed by atoms with van der Waals surface area (Å²) in [5.41, 5.74) is -0.601. The second kappa shape index (κ2) is 8.30. The molecule has 0 atom stereocenters. The van der Waals surface area contributed by atoms with Crippen LogP contribution in [-0.4, -0.2) is 66.9 Å². The molecule has 3 rings (SSSR count). The summed E-state index contributed by atoms with van der Waals surface area (Å²) in [7, 11) is 3.24. The van der Waals surface area contributed by atoms with Crippen LogP contribution in [0.15, 0.2) is 30.3 Å². The van der Waals surface area contributed by atoms with E-state index < -0.39 is 23.1 Å². The van der Waals surface area contributed by atoms with Crippen molar-refractivity contribution in [2.75, 3.05) is 45.7 Å². The van der Waals surface area contributed by atoms with Crippen molar-refractivity contribution in [3.05, 3.63) is 53.2 Å². The molecule has 1 aliphatic rings. The zero-order valence-corrected chi connectivity index (χ0v) is 15.5. The maximum atomic E-state index is 14.1. The SMILES string of the molecule is COc1cc(F)c(C(=O)Nc2cccc(C(=O)N3CCN(C)CC3)n2)c(F)c1. The lowest BCUT2D eigenvalue weighted by Gasteiger charge is -2.32. The molecular weight excluding hydrogens is 370 g/mol. The number of halogens is 2. The standard InChI is InChI=1S/C19H20F2N4O3/c1-24-6-8-25(9-7-24)19(27)15-4-3-5-16(22-15)23-18(26)17-13(20)10-12(28-2)11-14(17)21/h3-5,10-11H,6-9H2,1-2H3,(H,22,23,26). The fraction of sp³-hybridized carbons (Fsp3) is 0.316. The predicted molar refractivity (Wildman–Crippen MR) is 98.5 cm³/mol. The van der Waals surface area contributed by atoms with Crippen LogP contribution in [0, 0.1) is 11.6 Å². The van der Waals surface area contributed by atoms with Crippen molar-refractivity contribution >= 4 is 17.6 Å². The van der Waals surface area contributed by atoms with Gasteiger partial charge in [0.05, 0.1) is 7.11 Å². The topological polar surface area (TPSA) is 74.8 Å². The number of hydrogen-bond acceptors (Lipinski definition) is 5. The van der Waals surface area contributed by atoms with Gasteiger partial charge in [-0.1, -0.05) is 6.07 Å². The van der Waals surface area contributed by atoms with Gasteiger partial charge in [-0.15, -0.1) is 0 Å². The molecule has 2 aromatic rings. The normalized spacial score (nSPS) is 14.6. The van der Waals surface area contributed by atoms with Crippen molar-refractivity contribution in [3.8, 4) is 5.75 Å². The van der Waals surface area contributed by atoms with Gasteiger partial charge in [0.15, 0.2) is 0 Å². The largest absolute Gasteiger partial charge is 0.497 e. The molecule has 1 aliphatic heterocycles. The number of pyridine rings is 1. The quantitative estimate of drug-likeness (QED) is 0.865. The summed E-state index contributed by atoms with van der Waals surface area (Å²) in [5.74, 6) is -3.39. The first-order chi connectivity index (χ1) is 13.4. The number of hydrogen-bond donors (Lipinski definition) is 1. The first-order valence-electron chi connectivity index (χ1n) is 8.68. The van der Waals surface area contributed by atoms with E-state index in [0.717, 1.165) is 25.2 Å². The van der Waals surface area contributed by atoms with Gasteiger partial charge in [-0.25, -0.2) is 13.8 Å². The minimum absolute atomic E-state index is 0.0274. The number of nitrogens with zero attached hydrogens (tertiary/aromatic N) is 3. The van der Waals surface area contributed by atoms with Gasteiger partial charge in [0.25, 0.3) is 11.8 Å². The summed E-state index contributed by atoms with van der Waals surface area (Å²) in [6.07, 6.45) is 0. The Morgan fingerprint density at radius 1 is 1.11 bits per heavy atom. The van der Waals surface area contributed by atoms with Gasteiger partial charge in [-0.2, -0.15) is 0 Å². The Morgan fingerprint density at radius 2 is 1.75 bits per heavy atom. The van der Waals surface area contributed by atoms with Gasteiger partial charge in [-0.3, -0.25) is 9.59 Å². The monoisotopic (exact) mass is 390 g/mol. The van der Waals surface area contributed by atoms with E-state index in [0.29, 0.717) is 13.1 Å². The van der Waals surface area contributed by atoms with E-state index in [1.807, 2.05) is 7.05 Å². The Hall–Kier alpha value is -3.07. The number of rotatable bonds is 4. The maximum Gasteiger partial charge on any atom is 0.272 e. The second-order valence-corrected chi connectivity index (χ2v) is 6.42. The van der Waals surface area contributed by atoms with Crippen LogP contribution in [0.4, 0.5) is 14.6 Å².